The molecule has 0 aliphatic heterocycles. The van der Waals surface area contributed by atoms with Crippen LogP contribution in [0.1, 0.15) is 0 Å². The molecular weight excluding hydrogens is 293 g/mol. The summed E-state index contributed by atoms with van der Waals surface area (Å²) in [6.45, 7) is 0.142. The van der Waals surface area contributed by atoms with Gasteiger partial charge < -0.3 is 15.2 Å². The lowest BCUT2D eigenvalue weighted by Gasteiger charge is -2.14. The minimum Gasteiger partial charge on any atom is -0.473 e. The number of halogens is 2. The Morgan fingerprint density at radius 1 is 1.53 bits per heavy atom. The monoisotopic (exact) mass is 303 g/mol. The summed E-state index contributed by atoms with van der Waals surface area (Å²) in [6, 6.07) is 4.37. The second kappa shape index (κ2) is 6.65. The van der Waals surface area contributed by atoms with E-state index in [-0.39, 0.29) is 23.9 Å². The van der Waals surface area contributed by atoms with E-state index in [0.717, 1.165) is 11.7 Å². The second-order valence-electron chi connectivity index (χ2n) is 3.69. The van der Waals surface area contributed by atoms with E-state index in [1.807, 2.05) is 0 Å². The van der Waals surface area contributed by atoms with Crippen LogP contribution in [-0.4, -0.2) is 33.1 Å². The molecule has 8 heteroatoms. The Balaban J connectivity index is 1.81. The van der Waals surface area contributed by atoms with Gasteiger partial charge in [0.25, 0.3) is 0 Å². The fourth-order valence-corrected chi connectivity index (χ4v) is 1.94. The number of nitrogens with one attached hydrogen (secondary N) is 1. The zero-order chi connectivity index (χ0) is 13.7. The Labute approximate surface area is 118 Å². The molecule has 5 nitrogen and oxygen atoms in total. The SMILES string of the molecule is OC(CNc1c(F)cccc1Cl)COc1cnsn1. The van der Waals surface area contributed by atoms with Crippen LogP contribution in [-0.2, 0) is 0 Å². The summed E-state index contributed by atoms with van der Waals surface area (Å²) >= 11 is 6.86. The summed E-state index contributed by atoms with van der Waals surface area (Å²) in [5.41, 5.74) is 0.165. The normalized spacial score (nSPS) is 12.2. The first kappa shape index (κ1) is 14.0. The number of hydrogen-bond acceptors (Lipinski definition) is 6. The minimum atomic E-state index is -0.822. The lowest BCUT2D eigenvalue weighted by atomic mass is 10.3. The number of rotatable bonds is 6. The van der Waals surface area contributed by atoms with Gasteiger partial charge in [-0.3, -0.25) is 0 Å². The fourth-order valence-electron chi connectivity index (χ4n) is 1.35. The molecule has 0 radical (unpaired) electrons. The van der Waals surface area contributed by atoms with E-state index >= 15 is 0 Å². The molecule has 1 unspecified atom stereocenters. The summed E-state index contributed by atoms with van der Waals surface area (Å²) in [7, 11) is 0. The predicted octanol–water partition coefficient (Wildman–Crippen LogP) is 2.18. The smallest absolute Gasteiger partial charge is 0.245 e. The highest BCUT2D eigenvalue weighted by molar-refractivity contribution is 6.99. The Kier molecular flexibility index (Phi) is 4.89. The summed E-state index contributed by atoms with van der Waals surface area (Å²) in [6.07, 6.45) is 0.635. The highest BCUT2D eigenvalue weighted by Crippen LogP contribution is 2.24. The van der Waals surface area contributed by atoms with Crippen molar-refractivity contribution >= 4 is 29.0 Å². The number of nitrogens with zero attached hydrogens (tertiary/aromatic N) is 2. The molecule has 0 aliphatic rings. The van der Waals surface area contributed by atoms with Gasteiger partial charge in [0.05, 0.1) is 22.4 Å². The molecule has 0 fully saturated rings. The lowest BCUT2D eigenvalue weighted by molar-refractivity contribution is 0.115. The van der Waals surface area contributed by atoms with Crippen LogP contribution in [0.25, 0.3) is 0 Å². The van der Waals surface area contributed by atoms with Gasteiger partial charge in [-0.1, -0.05) is 17.7 Å². The molecule has 1 atom stereocenters. The molecule has 2 N–H and O–H groups in total. The summed E-state index contributed by atoms with van der Waals surface area (Å²) in [5, 5.41) is 12.7. The molecule has 0 aliphatic carbocycles. The van der Waals surface area contributed by atoms with Gasteiger partial charge in [0.2, 0.25) is 5.88 Å². The highest BCUT2D eigenvalue weighted by atomic mass is 35.5. The van der Waals surface area contributed by atoms with Crippen LogP contribution in [0.15, 0.2) is 24.4 Å². The van der Waals surface area contributed by atoms with Crippen LogP contribution < -0.4 is 10.1 Å². The summed E-state index contributed by atoms with van der Waals surface area (Å²) < 4.78 is 26.2. The average molecular weight is 304 g/mol. The van der Waals surface area contributed by atoms with Crippen LogP contribution in [0.2, 0.25) is 5.02 Å². The number of aromatic nitrogens is 2. The van der Waals surface area contributed by atoms with Crippen molar-refractivity contribution in [2.24, 2.45) is 0 Å². The third-order valence-corrected chi connectivity index (χ3v) is 3.02. The van der Waals surface area contributed by atoms with E-state index in [0.29, 0.717) is 5.88 Å². The zero-order valence-electron chi connectivity index (χ0n) is 9.72. The third-order valence-electron chi connectivity index (χ3n) is 2.24. The number of anilines is 1. The van der Waals surface area contributed by atoms with Crippen molar-refractivity contribution in [3.63, 3.8) is 0 Å². The molecule has 0 saturated carbocycles. The van der Waals surface area contributed by atoms with Gasteiger partial charge in [-0.25, -0.2) is 4.39 Å². The molecule has 2 rings (SSSR count). The van der Waals surface area contributed by atoms with Crippen molar-refractivity contribution in [2.45, 2.75) is 6.10 Å². The molecule has 0 saturated heterocycles. The minimum absolute atomic E-state index is 0.0322. The fraction of sp³-hybridized carbons (Fsp3) is 0.273. The number of benzene rings is 1. The topological polar surface area (TPSA) is 67.3 Å². The first-order valence-corrected chi connectivity index (χ1v) is 6.54. The van der Waals surface area contributed by atoms with Crippen molar-refractivity contribution in [3.05, 3.63) is 35.2 Å². The first-order valence-electron chi connectivity index (χ1n) is 5.43. The molecule has 0 amide bonds. The van der Waals surface area contributed by atoms with Crippen LogP contribution in [0.4, 0.5) is 10.1 Å². The van der Waals surface area contributed by atoms with Gasteiger partial charge in [0, 0.05) is 6.54 Å². The van der Waals surface area contributed by atoms with Gasteiger partial charge in [0.1, 0.15) is 24.7 Å². The number of hydrogen-bond donors (Lipinski definition) is 2. The van der Waals surface area contributed by atoms with E-state index in [9.17, 15) is 9.50 Å². The molecule has 19 heavy (non-hydrogen) atoms. The maximum atomic E-state index is 13.4. The zero-order valence-corrected chi connectivity index (χ0v) is 11.3. The molecule has 1 aromatic carbocycles. The van der Waals surface area contributed by atoms with Crippen molar-refractivity contribution in [2.75, 3.05) is 18.5 Å². The van der Waals surface area contributed by atoms with E-state index in [2.05, 4.69) is 14.1 Å². The van der Waals surface area contributed by atoms with Crippen LogP contribution >= 0.6 is 23.3 Å². The maximum Gasteiger partial charge on any atom is 0.245 e. The number of ether oxygens (including phenoxy) is 1. The van der Waals surface area contributed by atoms with E-state index in [1.165, 1.54) is 18.3 Å². The molecule has 0 spiro atoms. The Bertz CT molecular complexity index is 506. The molecule has 0 bridgehead atoms. The average Bonchev–Trinajstić information content (AvgIpc) is 2.89. The quantitative estimate of drug-likeness (QED) is 0.856. The van der Waals surface area contributed by atoms with Crippen LogP contribution in [0.5, 0.6) is 5.88 Å². The van der Waals surface area contributed by atoms with Crippen molar-refractivity contribution in [1.82, 2.24) is 8.75 Å². The number of aliphatic hydroxyl groups excluding tert-OH is 1. The number of aliphatic hydroxyl groups is 1. The van der Waals surface area contributed by atoms with E-state index < -0.39 is 11.9 Å². The maximum absolute atomic E-state index is 13.4. The van der Waals surface area contributed by atoms with Crippen molar-refractivity contribution in [1.29, 1.82) is 0 Å². The largest absolute Gasteiger partial charge is 0.473 e. The lowest BCUT2D eigenvalue weighted by Crippen LogP contribution is -2.26. The van der Waals surface area contributed by atoms with Gasteiger partial charge in [-0.15, -0.1) is 4.37 Å². The van der Waals surface area contributed by atoms with Crippen LogP contribution in [0.3, 0.4) is 0 Å². The van der Waals surface area contributed by atoms with E-state index in [1.54, 1.807) is 6.07 Å². The second-order valence-corrected chi connectivity index (χ2v) is 4.65. The molecular formula is C11H11ClFN3O2S. The van der Waals surface area contributed by atoms with Crippen molar-refractivity contribution in [3.8, 4) is 5.88 Å². The van der Waals surface area contributed by atoms with Gasteiger partial charge in [-0.2, -0.15) is 4.37 Å². The Morgan fingerprint density at radius 2 is 2.37 bits per heavy atom. The van der Waals surface area contributed by atoms with E-state index in [4.69, 9.17) is 16.3 Å². The van der Waals surface area contributed by atoms with Crippen LogP contribution in [0, 0.1) is 5.82 Å². The van der Waals surface area contributed by atoms with Gasteiger partial charge in [-0.05, 0) is 12.1 Å². The predicted molar refractivity (Wildman–Crippen MR) is 71.3 cm³/mol. The Hall–Kier alpha value is -1.44. The molecule has 1 heterocycles. The molecule has 1 aromatic heterocycles. The molecule has 2 aromatic rings. The van der Waals surface area contributed by atoms with Gasteiger partial charge in [0.15, 0.2) is 0 Å². The first-order chi connectivity index (χ1) is 9.16. The molecule has 102 valence electrons. The standard InChI is InChI=1S/C11H11ClFN3O2S/c12-8-2-1-3-9(13)11(8)14-4-7(17)6-18-10-5-15-19-16-10/h1-3,5,7,14,17H,4,6H2. The third kappa shape index (κ3) is 4.02. The summed E-state index contributed by atoms with van der Waals surface area (Å²) in [5.74, 6) is -0.114. The van der Waals surface area contributed by atoms with Gasteiger partial charge >= 0.3 is 0 Å². The number of para-hydroxylation sites is 1. The highest BCUT2D eigenvalue weighted by Gasteiger charge is 2.10. The Morgan fingerprint density at radius 3 is 3.05 bits per heavy atom. The van der Waals surface area contributed by atoms with Crippen molar-refractivity contribution < 1.29 is 14.2 Å². The summed E-state index contributed by atoms with van der Waals surface area (Å²) in [4.78, 5) is 0.